The Kier molecular flexibility index (Phi) is 5.20. The molecule has 1 aliphatic rings. The molecule has 1 aliphatic carbocycles. The number of benzene rings is 3. The fourth-order valence-corrected chi connectivity index (χ4v) is 3.52. The first-order chi connectivity index (χ1) is 13.3. The molecule has 0 saturated carbocycles. The summed E-state index contributed by atoms with van der Waals surface area (Å²) >= 11 is 0. The summed E-state index contributed by atoms with van der Waals surface area (Å²) in [7, 11) is 0. The van der Waals surface area contributed by atoms with Crippen molar-refractivity contribution in [2.45, 2.75) is 25.7 Å². The molecule has 0 heterocycles. The van der Waals surface area contributed by atoms with Gasteiger partial charge in [0.15, 0.2) is 6.61 Å². The zero-order chi connectivity index (χ0) is 18.5. The molecule has 0 aromatic heterocycles. The summed E-state index contributed by atoms with van der Waals surface area (Å²) in [5.74, 6) is 0.927. The van der Waals surface area contributed by atoms with Gasteiger partial charge in [0.2, 0.25) is 0 Å². The molecular weight excluding hydrogens is 336 g/mol. The molecule has 27 heavy (non-hydrogen) atoms. The largest absolute Gasteiger partial charge is 0.482 e. The van der Waals surface area contributed by atoms with Gasteiger partial charge in [0.1, 0.15) is 11.5 Å². The van der Waals surface area contributed by atoms with Gasteiger partial charge in [-0.1, -0.05) is 54.6 Å². The van der Waals surface area contributed by atoms with Gasteiger partial charge >= 0.3 is 5.97 Å². The Morgan fingerprint density at radius 3 is 2.52 bits per heavy atom. The first-order valence-corrected chi connectivity index (χ1v) is 9.35. The number of fused-ring (bicyclic) bond motifs is 1. The second kappa shape index (κ2) is 8.09. The van der Waals surface area contributed by atoms with Crippen molar-refractivity contribution in [2.24, 2.45) is 0 Å². The molecule has 0 unspecified atom stereocenters. The lowest BCUT2D eigenvalue weighted by Gasteiger charge is -2.12. The van der Waals surface area contributed by atoms with E-state index in [9.17, 15) is 4.79 Å². The average Bonchev–Trinajstić information content (AvgIpc) is 3.16. The van der Waals surface area contributed by atoms with Gasteiger partial charge in [0, 0.05) is 6.42 Å². The van der Waals surface area contributed by atoms with E-state index in [1.807, 2.05) is 54.6 Å². The maximum Gasteiger partial charge on any atom is 0.349 e. The minimum absolute atomic E-state index is 0.108. The Labute approximate surface area is 159 Å². The van der Waals surface area contributed by atoms with Gasteiger partial charge in [0.05, 0.1) is 0 Å². The fraction of sp³-hybridized carbons (Fsp3) is 0.208. The molecule has 0 N–H and O–H groups in total. The summed E-state index contributed by atoms with van der Waals surface area (Å²) in [6.07, 6.45) is 4.11. The molecule has 0 amide bonds. The third-order valence-corrected chi connectivity index (χ3v) is 4.86. The van der Waals surface area contributed by atoms with Crippen LogP contribution in [0.2, 0.25) is 0 Å². The Bertz CT molecular complexity index is 931. The minimum Gasteiger partial charge on any atom is -0.482 e. The average molecular weight is 358 g/mol. The third-order valence-electron chi connectivity index (χ3n) is 4.86. The monoisotopic (exact) mass is 358 g/mol. The number of ether oxygens (including phenoxy) is 2. The predicted molar refractivity (Wildman–Crippen MR) is 105 cm³/mol. The molecular formula is C24H22O3. The number of esters is 1. The van der Waals surface area contributed by atoms with E-state index < -0.39 is 0 Å². The maximum absolute atomic E-state index is 12.2. The van der Waals surface area contributed by atoms with Crippen LogP contribution in [0.15, 0.2) is 72.8 Å². The van der Waals surface area contributed by atoms with E-state index in [0.717, 1.165) is 24.8 Å². The van der Waals surface area contributed by atoms with Crippen LogP contribution in [0.1, 0.15) is 28.7 Å². The SMILES string of the molecule is O=C(COc1ccccc1Cc1ccccc1)Oc1ccc2c(c1)CCC2. The first-order valence-electron chi connectivity index (χ1n) is 9.35. The van der Waals surface area contributed by atoms with Gasteiger partial charge in [-0.05, 0) is 59.7 Å². The first kappa shape index (κ1) is 17.3. The van der Waals surface area contributed by atoms with Crippen LogP contribution in [0.4, 0.5) is 0 Å². The van der Waals surface area contributed by atoms with Crippen molar-refractivity contribution >= 4 is 5.97 Å². The normalized spacial score (nSPS) is 12.4. The number of para-hydroxylation sites is 1. The van der Waals surface area contributed by atoms with E-state index in [-0.39, 0.29) is 12.6 Å². The van der Waals surface area contributed by atoms with Gasteiger partial charge < -0.3 is 9.47 Å². The van der Waals surface area contributed by atoms with E-state index in [0.29, 0.717) is 11.5 Å². The summed E-state index contributed by atoms with van der Waals surface area (Å²) in [6, 6.07) is 23.9. The van der Waals surface area contributed by atoms with E-state index in [1.165, 1.54) is 23.1 Å². The zero-order valence-corrected chi connectivity index (χ0v) is 15.2. The molecule has 3 heteroatoms. The summed E-state index contributed by atoms with van der Waals surface area (Å²) in [5.41, 5.74) is 4.90. The van der Waals surface area contributed by atoms with Crippen molar-refractivity contribution in [1.82, 2.24) is 0 Å². The standard InChI is InChI=1S/C24H22O3/c25-24(27-22-14-13-19-10-6-11-20(19)16-22)17-26-23-12-5-4-9-21(23)15-18-7-2-1-3-8-18/h1-5,7-9,12-14,16H,6,10-11,15,17H2. The molecule has 0 spiro atoms. The predicted octanol–water partition coefficient (Wildman–Crippen LogP) is 4.75. The maximum atomic E-state index is 12.2. The van der Waals surface area contributed by atoms with Gasteiger partial charge in [-0.2, -0.15) is 0 Å². The van der Waals surface area contributed by atoms with Crippen molar-refractivity contribution in [3.63, 3.8) is 0 Å². The highest BCUT2D eigenvalue weighted by Gasteiger charge is 2.14. The molecule has 3 aromatic rings. The number of carbonyl (C=O) groups is 1. The molecule has 0 saturated heterocycles. The van der Waals surface area contributed by atoms with Crippen LogP contribution in [0.25, 0.3) is 0 Å². The molecule has 136 valence electrons. The summed E-state index contributed by atoms with van der Waals surface area (Å²) in [6.45, 7) is -0.108. The summed E-state index contributed by atoms with van der Waals surface area (Å²) < 4.78 is 11.2. The number of rotatable bonds is 6. The van der Waals surface area contributed by atoms with E-state index >= 15 is 0 Å². The van der Waals surface area contributed by atoms with Gasteiger partial charge in [-0.15, -0.1) is 0 Å². The molecule has 0 radical (unpaired) electrons. The topological polar surface area (TPSA) is 35.5 Å². The Morgan fingerprint density at radius 1 is 0.852 bits per heavy atom. The lowest BCUT2D eigenvalue weighted by molar-refractivity contribution is -0.136. The number of hydrogen-bond donors (Lipinski definition) is 0. The number of carbonyl (C=O) groups excluding carboxylic acids is 1. The number of aryl methyl sites for hydroxylation is 2. The molecule has 4 rings (SSSR count). The second-order valence-electron chi connectivity index (χ2n) is 6.82. The highest BCUT2D eigenvalue weighted by molar-refractivity contribution is 5.74. The number of hydrogen-bond acceptors (Lipinski definition) is 3. The molecule has 0 aliphatic heterocycles. The minimum atomic E-state index is -0.387. The molecule has 3 aromatic carbocycles. The van der Waals surface area contributed by atoms with Crippen molar-refractivity contribution in [1.29, 1.82) is 0 Å². The van der Waals surface area contributed by atoms with Crippen LogP contribution >= 0.6 is 0 Å². The molecule has 0 fully saturated rings. The van der Waals surface area contributed by atoms with Crippen LogP contribution in [-0.2, 0) is 24.1 Å². The van der Waals surface area contributed by atoms with E-state index in [2.05, 4.69) is 18.2 Å². The summed E-state index contributed by atoms with van der Waals surface area (Å²) in [5, 5.41) is 0. The summed E-state index contributed by atoms with van der Waals surface area (Å²) in [4.78, 5) is 12.2. The van der Waals surface area contributed by atoms with Crippen LogP contribution in [0.5, 0.6) is 11.5 Å². The highest BCUT2D eigenvalue weighted by Crippen LogP contribution is 2.26. The van der Waals surface area contributed by atoms with E-state index in [1.54, 1.807) is 0 Å². The second-order valence-corrected chi connectivity index (χ2v) is 6.82. The van der Waals surface area contributed by atoms with Crippen molar-refractivity contribution in [3.8, 4) is 11.5 Å². The lowest BCUT2D eigenvalue weighted by Crippen LogP contribution is -2.18. The van der Waals surface area contributed by atoms with Gasteiger partial charge in [0.25, 0.3) is 0 Å². The molecule has 3 nitrogen and oxygen atoms in total. The van der Waals surface area contributed by atoms with Gasteiger partial charge in [-0.25, -0.2) is 4.79 Å². The zero-order valence-electron chi connectivity index (χ0n) is 15.2. The third kappa shape index (κ3) is 4.37. The molecule has 0 atom stereocenters. The molecule has 0 bridgehead atoms. The van der Waals surface area contributed by atoms with Crippen molar-refractivity contribution < 1.29 is 14.3 Å². The van der Waals surface area contributed by atoms with Gasteiger partial charge in [-0.3, -0.25) is 0 Å². The van der Waals surface area contributed by atoms with E-state index in [4.69, 9.17) is 9.47 Å². The fourth-order valence-electron chi connectivity index (χ4n) is 3.52. The Morgan fingerprint density at radius 2 is 1.63 bits per heavy atom. The smallest absolute Gasteiger partial charge is 0.349 e. The lowest BCUT2D eigenvalue weighted by atomic mass is 10.0. The quantitative estimate of drug-likeness (QED) is 0.471. The highest BCUT2D eigenvalue weighted by atomic mass is 16.6. The Balaban J connectivity index is 1.38. The van der Waals surface area contributed by atoms with Crippen molar-refractivity contribution in [3.05, 3.63) is 95.1 Å². The van der Waals surface area contributed by atoms with Crippen molar-refractivity contribution in [2.75, 3.05) is 6.61 Å². The van der Waals surface area contributed by atoms with Crippen LogP contribution < -0.4 is 9.47 Å². The van der Waals surface area contributed by atoms with Crippen LogP contribution in [-0.4, -0.2) is 12.6 Å². The van der Waals surface area contributed by atoms with Crippen LogP contribution in [0.3, 0.4) is 0 Å². The van der Waals surface area contributed by atoms with Crippen LogP contribution in [0, 0.1) is 0 Å². The Hall–Kier alpha value is -3.07.